The average molecular weight is 461 g/mol. The number of unbranched alkanes of at least 4 members (excludes halogenated alkanes) is 2. The summed E-state index contributed by atoms with van der Waals surface area (Å²) in [5.41, 5.74) is 2.91. The lowest BCUT2D eigenvalue weighted by molar-refractivity contribution is -0.145. The summed E-state index contributed by atoms with van der Waals surface area (Å²) in [6.07, 6.45) is 5.62. The molecule has 0 aromatic heterocycles. The number of hydrogen-bond acceptors (Lipinski definition) is 3. The number of hydrogen-bond donors (Lipinski definition) is 2. The predicted octanol–water partition coefficient (Wildman–Crippen LogP) is 6.65. The van der Waals surface area contributed by atoms with Gasteiger partial charge in [0.1, 0.15) is 5.75 Å². The second kappa shape index (κ2) is 13.0. The Morgan fingerprint density at radius 1 is 0.824 bits per heavy atom. The number of carbonyl (C=O) groups is 1. The summed E-state index contributed by atoms with van der Waals surface area (Å²) >= 11 is 0. The largest absolute Gasteiger partial charge is 0.494 e. The summed E-state index contributed by atoms with van der Waals surface area (Å²) in [6, 6.07) is 25.9. The van der Waals surface area contributed by atoms with Crippen LogP contribution in [0.2, 0.25) is 0 Å². The van der Waals surface area contributed by atoms with Crippen molar-refractivity contribution in [1.29, 1.82) is 0 Å². The number of carboxylic acid groups (broad SMARTS) is 1. The molecule has 2 N–H and O–H groups in total. The molecule has 0 radical (unpaired) electrons. The van der Waals surface area contributed by atoms with E-state index < -0.39 is 11.4 Å². The van der Waals surface area contributed by atoms with Crippen LogP contribution in [0.3, 0.4) is 0 Å². The van der Waals surface area contributed by atoms with E-state index in [0.717, 1.165) is 48.3 Å². The zero-order valence-electron chi connectivity index (χ0n) is 20.1. The van der Waals surface area contributed by atoms with Crippen molar-refractivity contribution in [3.63, 3.8) is 0 Å². The predicted molar refractivity (Wildman–Crippen MR) is 137 cm³/mol. The van der Waals surface area contributed by atoms with Gasteiger partial charge in [-0.2, -0.15) is 0 Å². The highest BCUT2D eigenvalue weighted by atomic mass is 16.5. The van der Waals surface area contributed by atoms with Gasteiger partial charge in [0.25, 0.3) is 0 Å². The first kappa shape index (κ1) is 25.5. The van der Waals surface area contributed by atoms with Crippen molar-refractivity contribution in [3.05, 3.63) is 90.0 Å². The smallest absolute Gasteiger partial charge is 0.314 e. The van der Waals surface area contributed by atoms with E-state index in [-0.39, 0.29) is 13.0 Å². The van der Waals surface area contributed by atoms with Crippen molar-refractivity contribution >= 4 is 5.97 Å². The third-order valence-electron chi connectivity index (χ3n) is 6.50. The maximum atomic E-state index is 12.4. The minimum atomic E-state index is -1.10. The second-order valence-electron chi connectivity index (χ2n) is 8.86. The fourth-order valence-electron chi connectivity index (χ4n) is 4.45. The number of carboxylic acids is 1. The molecule has 0 spiro atoms. The lowest BCUT2D eigenvalue weighted by Crippen LogP contribution is -2.37. The second-order valence-corrected chi connectivity index (χ2v) is 8.86. The van der Waals surface area contributed by atoms with Crippen molar-refractivity contribution in [3.8, 4) is 16.9 Å². The number of aliphatic hydroxyl groups is 1. The van der Waals surface area contributed by atoms with Crippen molar-refractivity contribution in [2.75, 3.05) is 13.2 Å². The maximum absolute atomic E-state index is 12.4. The van der Waals surface area contributed by atoms with Crippen LogP contribution in [0.25, 0.3) is 11.1 Å². The van der Waals surface area contributed by atoms with Crippen LogP contribution in [-0.2, 0) is 16.6 Å². The Morgan fingerprint density at radius 2 is 1.47 bits per heavy atom. The van der Waals surface area contributed by atoms with Gasteiger partial charge >= 0.3 is 5.97 Å². The molecule has 0 bridgehead atoms. The van der Waals surface area contributed by atoms with Crippen molar-refractivity contribution in [2.24, 2.45) is 0 Å². The maximum Gasteiger partial charge on any atom is 0.314 e. The Hall–Kier alpha value is -3.11. The fourth-order valence-corrected chi connectivity index (χ4v) is 4.45. The molecule has 0 amide bonds. The monoisotopic (exact) mass is 460 g/mol. The van der Waals surface area contributed by atoms with Crippen LogP contribution in [0, 0.1) is 0 Å². The minimum absolute atomic E-state index is 0.168. The Kier molecular flexibility index (Phi) is 9.72. The van der Waals surface area contributed by atoms with Crippen LogP contribution in [0.15, 0.2) is 78.9 Å². The number of benzene rings is 3. The number of aliphatic hydroxyl groups excluding tert-OH is 1. The third-order valence-corrected chi connectivity index (χ3v) is 6.50. The summed E-state index contributed by atoms with van der Waals surface area (Å²) in [4.78, 5) is 12.4. The highest BCUT2D eigenvalue weighted by Crippen LogP contribution is 2.35. The average Bonchev–Trinajstić information content (AvgIpc) is 2.87. The van der Waals surface area contributed by atoms with E-state index >= 15 is 0 Å². The molecule has 0 heterocycles. The van der Waals surface area contributed by atoms with Crippen LogP contribution in [-0.4, -0.2) is 29.4 Å². The van der Waals surface area contributed by atoms with E-state index in [1.165, 1.54) is 18.4 Å². The molecule has 0 aliphatic heterocycles. The van der Waals surface area contributed by atoms with Gasteiger partial charge in [-0.25, -0.2) is 0 Å². The van der Waals surface area contributed by atoms with Gasteiger partial charge in [0.05, 0.1) is 12.0 Å². The molecule has 34 heavy (non-hydrogen) atoms. The van der Waals surface area contributed by atoms with Crippen molar-refractivity contribution < 1.29 is 19.7 Å². The zero-order chi connectivity index (χ0) is 24.2. The topological polar surface area (TPSA) is 66.8 Å². The Labute approximate surface area is 203 Å². The van der Waals surface area contributed by atoms with Gasteiger partial charge in [-0.3, -0.25) is 4.79 Å². The number of aryl methyl sites for hydroxylation is 1. The van der Waals surface area contributed by atoms with E-state index in [1.807, 2.05) is 66.7 Å². The lowest BCUT2D eigenvalue weighted by atomic mass is 9.73. The Balaban J connectivity index is 1.72. The summed E-state index contributed by atoms with van der Waals surface area (Å²) in [7, 11) is 0. The van der Waals surface area contributed by atoms with E-state index in [9.17, 15) is 15.0 Å². The zero-order valence-corrected chi connectivity index (χ0v) is 20.1. The first-order chi connectivity index (χ1) is 16.6. The van der Waals surface area contributed by atoms with Gasteiger partial charge in [0.2, 0.25) is 0 Å². The first-order valence-corrected chi connectivity index (χ1v) is 12.3. The molecule has 4 heteroatoms. The molecule has 180 valence electrons. The van der Waals surface area contributed by atoms with Gasteiger partial charge in [-0.15, -0.1) is 0 Å². The minimum Gasteiger partial charge on any atom is -0.494 e. The molecule has 0 aliphatic rings. The summed E-state index contributed by atoms with van der Waals surface area (Å²) in [5, 5.41) is 19.9. The molecule has 1 atom stereocenters. The van der Waals surface area contributed by atoms with E-state index in [4.69, 9.17) is 4.74 Å². The molecule has 3 rings (SSSR count). The molecule has 3 aromatic carbocycles. The fraction of sp³-hybridized carbons (Fsp3) is 0.367. The molecule has 3 aromatic rings. The molecule has 0 saturated carbocycles. The van der Waals surface area contributed by atoms with E-state index in [1.54, 1.807) is 0 Å². The van der Waals surface area contributed by atoms with Crippen molar-refractivity contribution in [2.45, 2.75) is 57.3 Å². The van der Waals surface area contributed by atoms with Crippen LogP contribution in [0.1, 0.15) is 56.6 Å². The van der Waals surface area contributed by atoms with Gasteiger partial charge < -0.3 is 14.9 Å². The summed E-state index contributed by atoms with van der Waals surface area (Å²) < 4.78 is 5.80. The normalized spacial score (nSPS) is 12.8. The molecule has 1 unspecified atom stereocenters. The first-order valence-electron chi connectivity index (χ1n) is 12.3. The van der Waals surface area contributed by atoms with Gasteiger partial charge in [0.15, 0.2) is 0 Å². The molecule has 0 fully saturated rings. The van der Waals surface area contributed by atoms with Crippen LogP contribution in [0.5, 0.6) is 5.75 Å². The molecular formula is C30H36O4. The Morgan fingerprint density at radius 3 is 2.06 bits per heavy atom. The number of aliphatic carboxylic acids is 1. The number of rotatable bonds is 14. The summed E-state index contributed by atoms with van der Waals surface area (Å²) in [5.74, 6) is -0.0188. The molecule has 0 saturated heterocycles. The summed E-state index contributed by atoms with van der Waals surface area (Å²) in [6.45, 7) is 2.74. The van der Waals surface area contributed by atoms with Crippen molar-refractivity contribution in [1.82, 2.24) is 0 Å². The van der Waals surface area contributed by atoms with Gasteiger partial charge in [-0.05, 0) is 66.5 Å². The van der Waals surface area contributed by atoms with Crippen LogP contribution >= 0.6 is 0 Å². The van der Waals surface area contributed by atoms with E-state index in [2.05, 4.69) is 19.1 Å². The standard InChI is InChI=1S/C30H36O4/c1-2-3-7-23-34-28-18-14-26(15-19-28)25-12-16-27(17-13-25)30(21-22-31,29(32)33)20-8-11-24-9-5-4-6-10-24/h4-6,9-10,12-19,31H,2-3,7-8,11,20-23H2,1H3,(H,32,33). The van der Waals surface area contributed by atoms with Crippen LogP contribution < -0.4 is 4.74 Å². The van der Waals surface area contributed by atoms with Gasteiger partial charge in [0, 0.05) is 6.61 Å². The van der Waals surface area contributed by atoms with Crippen LogP contribution in [0.4, 0.5) is 0 Å². The quantitative estimate of drug-likeness (QED) is 0.264. The highest BCUT2D eigenvalue weighted by Gasteiger charge is 2.39. The molecule has 0 aliphatic carbocycles. The highest BCUT2D eigenvalue weighted by molar-refractivity contribution is 5.82. The van der Waals surface area contributed by atoms with Gasteiger partial charge in [-0.1, -0.05) is 86.5 Å². The lowest BCUT2D eigenvalue weighted by Gasteiger charge is -2.30. The molecule has 4 nitrogen and oxygen atoms in total. The van der Waals surface area contributed by atoms with E-state index in [0.29, 0.717) is 6.42 Å². The third kappa shape index (κ3) is 6.71. The Bertz CT molecular complexity index is 996. The SMILES string of the molecule is CCCCCOc1ccc(-c2ccc(C(CCO)(CCCc3ccccc3)C(=O)O)cc2)cc1. The molecular weight excluding hydrogens is 424 g/mol. The number of ether oxygens (including phenoxy) is 1.